The Kier molecular flexibility index (Phi) is 5.62. The van der Waals surface area contributed by atoms with Crippen molar-refractivity contribution in [3.8, 4) is 0 Å². The van der Waals surface area contributed by atoms with Crippen LogP contribution >= 0.6 is 11.6 Å². The molecule has 1 rings (SSSR count). The average Bonchev–Trinajstić information content (AvgIpc) is 2.36. The molecule has 1 amide bonds. The van der Waals surface area contributed by atoms with Gasteiger partial charge in [-0.05, 0) is 18.1 Å². The molecule has 2 N–H and O–H groups in total. The second-order valence-corrected chi connectivity index (χ2v) is 6.78. The summed E-state index contributed by atoms with van der Waals surface area (Å²) in [6.07, 6.45) is 0. The monoisotopic (exact) mass is 304 g/mol. The topological polar surface area (TPSA) is 75.3 Å². The molecule has 0 saturated heterocycles. The van der Waals surface area contributed by atoms with Crippen molar-refractivity contribution in [3.05, 3.63) is 29.8 Å². The number of alkyl halides is 1. The van der Waals surface area contributed by atoms with Crippen molar-refractivity contribution < 1.29 is 13.2 Å². The number of carbonyl (C=O) groups is 1. The summed E-state index contributed by atoms with van der Waals surface area (Å²) < 4.78 is 25.2. The summed E-state index contributed by atoms with van der Waals surface area (Å²) in [5, 5.41) is 2.18. The molecule has 106 valence electrons. The zero-order chi connectivity index (χ0) is 14.5. The van der Waals surface area contributed by atoms with Gasteiger partial charge in [-0.2, -0.15) is 0 Å². The van der Waals surface area contributed by atoms with Crippen LogP contribution in [0.2, 0.25) is 0 Å². The molecule has 0 radical (unpaired) electrons. The van der Waals surface area contributed by atoms with Crippen LogP contribution in [0.3, 0.4) is 0 Å². The van der Waals surface area contributed by atoms with E-state index in [9.17, 15) is 13.2 Å². The van der Waals surface area contributed by atoms with E-state index in [0.717, 1.165) is 0 Å². The molecule has 1 aromatic carbocycles. The van der Waals surface area contributed by atoms with Gasteiger partial charge in [-0.3, -0.25) is 9.52 Å². The van der Waals surface area contributed by atoms with Gasteiger partial charge in [-0.25, -0.2) is 8.42 Å². The summed E-state index contributed by atoms with van der Waals surface area (Å²) in [7, 11) is -3.62. The van der Waals surface area contributed by atoms with Crippen molar-refractivity contribution in [2.24, 2.45) is 5.92 Å². The molecular weight excluding hydrogens is 288 g/mol. The largest absolute Gasteiger partial charge is 0.352 e. The van der Waals surface area contributed by atoms with E-state index in [0.29, 0.717) is 12.5 Å². The van der Waals surface area contributed by atoms with Crippen molar-refractivity contribution in [1.29, 1.82) is 0 Å². The summed E-state index contributed by atoms with van der Waals surface area (Å²) in [4.78, 5) is 12.0. The molecule has 0 aliphatic carbocycles. The minimum atomic E-state index is -3.62. The van der Waals surface area contributed by atoms with Gasteiger partial charge in [0.2, 0.25) is 10.0 Å². The van der Waals surface area contributed by atoms with Crippen molar-refractivity contribution in [1.82, 2.24) is 5.32 Å². The molecule has 0 fully saturated rings. The van der Waals surface area contributed by atoms with Gasteiger partial charge in [0, 0.05) is 6.54 Å². The predicted octanol–water partition coefficient (Wildman–Crippen LogP) is 2.01. The van der Waals surface area contributed by atoms with Crippen molar-refractivity contribution in [3.63, 3.8) is 0 Å². The van der Waals surface area contributed by atoms with Gasteiger partial charge in [0.15, 0.2) is 0 Å². The summed E-state index contributed by atoms with van der Waals surface area (Å²) in [5.41, 5.74) is 0.501. The van der Waals surface area contributed by atoms with Gasteiger partial charge >= 0.3 is 0 Å². The highest BCUT2D eigenvalue weighted by Crippen LogP contribution is 2.17. The highest BCUT2D eigenvalue weighted by molar-refractivity contribution is 7.93. The Morgan fingerprint density at radius 1 is 1.32 bits per heavy atom. The number of rotatable bonds is 6. The molecule has 0 aliphatic heterocycles. The van der Waals surface area contributed by atoms with Gasteiger partial charge in [0.05, 0.1) is 11.3 Å². The van der Waals surface area contributed by atoms with Crippen molar-refractivity contribution >= 4 is 33.2 Å². The SMILES string of the molecule is CC(C)CNC(=O)c1ccccc1NS(=O)(=O)CCl. The van der Waals surface area contributed by atoms with Gasteiger partial charge in [0.1, 0.15) is 5.21 Å². The number of hydrogen-bond donors (Lipinski definition) is 2. The summed E-state index contributed by atoms with van der Waals surface area (Å²) >= 11 is 5.33. The third-order valence-corrected chi connectivity index (χ3v) is 3.93. The molecule has 0 spiro atoms. The second kappa shape index (κ2) is 6.77. The summed E-state index contributed by atoms with van der Waals surface area (Å²) in [6.45, 7) is 4.47. The smallest absolute Gasteiger partial charge is 0.253 e. The Morgan fingerprint density at radius 3 is 2.53 bits per heavy atom. The number of carbonyl (C=O) groups excluding carboxylic acids is 1. The Labute approximate surface area is 118 Å². The first-order chi connectivity index (χ1) is 8.85. The number of hydrogen-bond acceptors (Lipinski definition) is 3. The fourth-order valence-corrected chi connectivity index (χ4v) is 2.09. The molecule has 19 heavy (non-hydrogen) atoms. The molecule has 0 saturated carbocycles. The van der Waals surface area contributed by atoms with Gasteiger partial charge < -0.3 is 5.32 Å². The number of anilines is 1. The fraction of sp³-hybridized carbons (Fsp3) is 0.417. The molecule has 1 aromatic rings. The number of halogens is 1. The van der Waals surface area contributed by atoms with Gasteiger partial charge in [-0.15, -0.1) is 11.6 Å². The first kappa shape index (κ1) is 15.8. The van der Waals surface area contributed by atoms with Crippen LogP contribution in [0.1, 0.15) is 24.2 Å². The lowest BCUT2D eigenvalue weighted by atomic mass is 10.1. The van der Waals surface area contributed by atoms with E-state index in [1.165, 1.54) is 6.07 Å². The van der Waals surface area contributed by atoms with Crippen molar-refractivity contribution in [2.75, 3.05) is 16.5 Å². The fourth-order valence-electron chi connectivity index (χ4n) is 1.36. The number of sulfonamides is 1. The quantitative estimate of drug-likeness (QED) is 0.789. The highest BCUT2D eigenvalue weighted by atomic mass is 35.5. The van der Waals surface area contributed by atoms with E-state index in [-0.39, 0.29) is 17.2 Å². The minimum absolute atomic E-state index is 0.226. The van der Waals surface area contributed by atoms with Crippen molar-refractivity contribution in [2.45, 2.75) is 13.8 Å². The number of para-hydroxylation sites is 1. The van der Waals surface area contributed by atoms with Crippen LogP contribution in [0.15, 0.2) is 24.3 Å². The number of benzene rings is 1. The Hall–Kier alpha value is -1.27. The molecule has 7 heteroatoms. The molecule has 0 unspecified atom stereocenters. The van der Waals surface area contributed by atoms with Gasteiger partial charge in [0.25, 0.3) is 5.91 Å². The van der Waals surface area contributed by atoms with E-state index >= 15 is 0 Å². The highest BCUT2D eigenvalue weighted by Gasteiger charge is 2.15. The lowest BCUT2D eigenvalue weighted by Gasteiger charge is -2.12. The van der Waals surface area contributed by atoms with E-state index < -0.39 is 15.2 Å². The predicted molar refractivity (Wildman–Crippen MR) is 76.9 cm³/mol. The number of amides is 1. The Morgan fingerprint density at radius 2 is 1.95 bits per heavy atom. The van der Waals surface area contributed by atoms with E-state index in [4.69, 9.17) is 11.6 Å². The summed E-state index contributed by atoms with van der Waals surface area (Å²) in [5.74, 6) is -0.00258. The zero-order valence-electron chi connectivity index (χ0n) is 10.8. The maximum Gasteiger partial charge on any atom is 0.253 e. The third-order valence-electron chi connectivity index (χ3n) is 2.25. The molecule has 0 aliphatic rings. The van der Waals surface area contributed by atoms with Crippen LogP contribution < -0.4 is 10.0 Å². The van der Waals surface area contributed by atoms with Crippen LogP contribution in [-0.2, 0) is 10.0 Å². The molecule has 0 atom stereocenters. The maximum atomic E-state index is 12.0. The standard InChI is InChI=1S/C12H17ClN2O3S/c1-9(2)7-14-12(16)10-5-3-4-6-11(10)15-19(17,18)8-13/h3-6,9,15H,7-8H2,1-2H3,(H,14,16). The van der Waals surface area contributed by atoms with Crippen LogP contribution in [0.4, 0.5) is 5.69 Å². The lowest BCUT2D eigenvalue weighted by molar-refractivity contribution is 0.0950. The van der Waals surface area contributed by atoms with E-state index in [2.05, 4.69) is 10.0 Å². The number of nitrogens with one attached hydrogen (secondary N) is 2. The minimum Gasteiger partial charge on any atom is -0.352 e. The summed E-state index contributed by atoms with van der Waals surface area (Å²) in [6, 6.07) is 6.39. The van der Waals surface area contributed by atoms with Crippen LogP contribution in [0, 0.1) is 5.92 Å². The lowest BCUT2D eigenvalue weighted by Crippen LogP contribution is -2.28. The molecular formula is C12H17ClN2O3S. The third kappa shape index (κ3) is 5.08. The van der Waals surface area contributed by atoms with Crippen LogP contribution in [0.5, 0.6) is 0 Å². The Bertz CT molecular complexity index is 544. The molecule has 5 nitrogen and oxygen atoms in total. The van der Waals surface area contributed by atoms with Crippen LogP contribution in [0.25, 0.3) is 0 Å². The van der Waals surface area contributed by atoms with E-state index in [1.807, 2.05) is 13.8 Å². The van der Waals surface area contributed by atoms with Gasteiger partial charge in [-0.1, -0.05) is 26.0 Å². The molecule has 0 heterocycles. The molecule has 0 aromatic heterocycles. The van der Waals surface area contributed by atoms with Crippen LogP contribution in [-0.4, -0.2) is 26.1 Å². The van der Waals surface area contributed by atoms with E-state index in [1.54, 1.807) is 18.2 Å². The second-order valence-electron chi connectivity index (χ2n) is 4.48. The normalized spacial score (nSPS) is 11.4. The first-order valence-corrected chi connectivity index (χ1v) is 7.98. The first-order valence-electron chi connectivity index (χ1n) is 5.79. The Balaban J connectivity index is 2.93. The average molecular weight is 305 g/mol. The zero-order valence-corrected chi connectivity index (χ0v) is 12.4. The molecule has 0 bridgehead atoms. The maximum absolute atomic E-state index is 12.0.